The lowest BCUT2D eigenvalue weighted by atomic mass is 10.2. The van der Waals surface area contributed by atoms with Crippen molar-refractivity contribution < 1.29 is 14.5 Å². The molecule has 0 aromatic carbocycles. The summed E-state index contributed by atoms with van der Waals surface area (Å²) in [5.74, 6) is 0. The summed E-state index contributed by atoms with van der Waals surface area (Å²) < 4.78 is 4.60. The van der Waals surface area contributed by atoms with Crippen molar-refractivity contribution in [3.05, 3.63) is 22.0 Å². The number of H-pyrrole nitrogens is 1. The van der Waals surface area contributed by atoms with E-state index in [4.69, 9.17) is 0 Å². The molecule has 7 nitrogen and oxygen atoms in total. The summed E-state index contributed by atoms with van der Waals surface area (Å²) >= 11 is 0. The number of carbonyl (C=O) groups excluding carboxylic acids is 1. The molecule has 0 saturated heterocycles. The molecule has 0 radical (unpaired) electrons. The lowest BCUT2D eigenvalue weighted by molar-refractivity contribution is -0.385. The Balaban J connectivity index is 2.70. The second kappa shape index (κ2) is 4.35. The van der Waals surface area contributed by atoms with Gasteiger partial charge < -0.3 is 4.74 Å². The van der Waals surface area contributed by atoms with Gasteiger partial charge >= 0.3 is 5.69 Å². The molecule has 1 heterocycles. The normalized spacial score (nSPS) is 12.1. The fourth-order valence-electron chi connectivity index (χ4n) is 1.04. The SMILES string of the molecule is CC(Cc1[nH]ncc1[N+](=O)[O-])OC=O. The molecule has 0 fully saturated rings. The average molecular weight is 199 g/mol. The standard InChI is InChI=1S/C7H9N3O4/c1-5(14-4-11)2-6-7(10(12)13)3-8-9-6/h3-5H,2H2,1H3,(H,8,9). The van der Waals surface area contributed by atoms with Crippen molar-refractivity contribution in [1.29, 1.82) is 0 Å². The van der Waals surface area contributed by atoms with Crippen molar-refractivity contribution in [2.45, 2.75) is 19.4 Å². The first-order chi connectivity index (χ1) is 6.65. The predicted octanol–water partition coefficient (Wildman–Crippen LogP) is 0.422. The first-order valence-electron chi connectivity index (χ1n) is 3.91. The van der Waals surface area contributed by atoms with Crippen LogP contribution in [-0.2, 0) is 16.0 Å². The van der Waals surface area contributed by atoms with Gasteiger partial charge in [0.15, 0.2) is 0 Å². The molecule has 0 aliphatic heterocycles. The minimum absolute atomic E-state index is 0.0913. The Hall–Kier alpha value is -1.92. The molecule has 7 heteroatoms. The number of hydrogen-bond acceptors (Lipinski definition) is 5. The lowest BCUT2D eigenvalue weighted by Crippen LogP contribution is -2.11. The molecule has 0 aliphatic rings. The molecule has 0 saturated carbocycles. The maximum Gasteiger partial charge on any atom is 0.310 e. The van der Waals surface area contributed by atoms with Crippen LogP contribution in [0.25, 0.3) is 0 Å². The van der Waals surface area contributed by atoms with Crippen molar-refractivity contribution in [3.8, 4) is 0 Å². The molecule has 0 aliphatic carbocycles. The minimum atomic E-state index is -0.535. The van der Waals surface area contributed by atoms with E-state index in [9.17, 15) is 14.9 Å². The van der Waals surface area contributed by atoms with E-state index >= 15 is 0 Å². The largest absolute Gasteiger partial charge is 0.464 e. The van der Waals surface area contributed by atoms with Crippen LogP contribution < -0.4 is 0 Å². The van der Waals surface area contributed by atoms with E-state index in [-0.39, 0.29) is 12.1 Å². The van der Waals surface area contributed by atoms with E-state index in [1.165, 1.54) is 0 Å². The third kappa shape index (κ3) is 2.28. The van der Waals surface area contributed by atoms with Crippen LogP contribution in [0.3, 0.4) is 0 Å². The Labute approximate surface area is 79.2 Å². The maximum atomic E-state index is 10.5. The summed E-state index contributed by atoms with van der Waals surface area (Å²) in [5.41, 5.74) is 0.260. The summed E-state index contributed by atoms with van der Waals surface area (Å²) in [6.07, 6.45) is 0.963. The van der Waals surface area contributed by atoms with Gasteiger partial charge in [-0.15, -0.1) is 0 Å². The first-order valence-corrected chi connectivity index (χ1v) is 3.91. The fourth-order valence-corrected chi connectivity index (χ4v) is 1.04. The van der Waals surface area contributed by atoms with Crippen LogP contribution in [0.1, 0.15) is 12.6 Å². The summed E-state index contributed by atoms with van der Waals surface area (Å²) in [6, 6.07) is 0. The number of aromatic nitrogens is 2. The van der Waals surface area contributed by atoms with Crippen molar-refractivity contribution in [2.75, 3.05) is 0 Å². The van der Waals surface area contributed by atoms with E-state index in [1.807, 2.05) is 0 Å². The Morgan fingerprint density at radius 1 is 1.86 bits per heavy atom. The third-order valence-electron chi connectivity index (χ3n) is 1.67. The monoisotopic (exact) mass is 199 g/mol. The second-order valence-electron chi connectivity index (χ2n) is 2.74. The molecule has 1 atom stereocenters. The minimum Gasteiger partial charge on any atom is -0.464 e. The number of rotatable bonds is 5. The molecular formula is C7H9N3O4. The van der Waals surface area contributed by atoms with E-state index in [0.717, 1.165) is 6.20 Å². The zero-order chi connectivity index (χ0) is 10.6. The van der Waals surface area contributed by atoms with E-state index in [0.29, 0.717) is 12.2 Å². The van der Waals surface area contributed by atoms with Gasteiger partial charge in [0, 0.05) is 6.42 Å². The Morgan fingerprint density at radius 3 is 3.14 bits per heavy atom. The highest BCUT2D eigenvalue weighted by molar-refractivity contribution is 5.38. The molecule has 1 N–H and O–H groups in total. The molecule has 0 amide bonds. The van der Waals surface area contributed by atoms with Gasteiger partial charge in [-0.25, -0.2) is 0 Å². The molecule has 1 unspecified atom stereocenters. The Bertz CT molecular complexity index is 335. The maximum absolute atomic E-state index is 10.5. The molecule has 1 aromatic rings. The number of hydrogen-bond donors (Lipinski definition) is 1. The van der Waals surface area contributed by atoms with Crippen molar-refractivity contribution in [1.82, 2.24) is 10.2 Å². The Morgan fingerprint density at radius 2 is 2.57 bits per heavy atom. The highest BCUT2D eigenvalue weighted by Crippen LogP contribution is 2.16. The highest BCUT2D eigenvalue weighted by Gasteiger charge is 2.18. The third-order valence-corrected chi connectivity index (χ3v) is 1.67. The number of carbonyl (C=O) groups is 1. The van der Waals surface area contributed by atoms with Gasteiger partial charge in [0.1, 0.15) is 18.0 Å². The number of ether oxygens (including phenoxy) is 1. The summed E-state index contributed by atoms with van der Waals surface area (Å²) in [7, 11) is 0. The van der Waals surface area contributed by atoms with Crippen LogP contribution in [0, 0.1) is 10.1 Å². The molecule has 1 aromatic heterocycles. The average Bonchev–Trinajstić information content (AvgIpc) is 2.52. The van der Waals surface area contributed by atoms with Crippen LogP contribution in [0.5, 0.6) is 0 Å². The van der Waals surface area contributed by atoms with Gasteiger partial charge in [-0.3, -0.25) is 20.0 Å². The molecule has 0 bridgehead atoms. The second-order valence-corrected chi connectivity index (χ2v) is 2.74. The highest BCUT2D eigenvalue weighted by atomic mass is 16.6. The van der Waals surface area contributed by atoms with Crippen molar-refractivity contribution >= 4 is 12.2 Å². The number of nitrogens with one attached hydrogen (secondary N) is 1. The molecule has 14 heavy (non-hydrogen) atoms. The van der Waals surface area contributed by atoms with Gasteiger partial charge in [0.05, 0.1) is 4.92 Å². The van der Waals surface area contributed by atoms with Gasteiger partial charge in [-0.05, 0) is 6.92 Å². The Kier molecular flexibility index (Phi) is 3.16. The molecule has 1 rings (SSSR count). The molecule has 76 valence electrons. The van der Waals surface area contributed by atoms with Gasteiger partial charge in [-0.1, -0.05) is 0 Å². The van der Waals surface area contributed by atoms with Crippen LogP contribution >= 0.6 is 0 Å². The van der Waals surface area contributed by atoms with Gasteiger partial charge in [0.2, 0.25) is 0 Å². The van der Waals surface area contributed by atoms with E-state index in [1.54, 1.807) is 6.92 Å². The summed E-state index contributed by atoms with van der Waals surface area (Å²) in [6.45, 7) is 1.95. The molecular weight excluding hydrogens is 190 g/mol. The van der Waals surface area contributed by atoms with E-state index < -0.39 is 11.0 Å². The van der Waals surface area contributed by atoms with E-state index in [2.05, 4.69) is 14.9 Å². The van der Waals surface area contributed by atoms with Crippen LogP contribution in [0.15, 0.2) is 6.20 Å². The van der Waals surface area contributed by atoms with Crippen molar-refractivity contribution in [2.24, 2.45) is 0 Å². The molecule has 0 spiro atoms. The number of aromatic amines is 1. The number of nitrogens with zero attached hydrogens (tertiary/aromatic N) is 2. The predicted molar refractivity (Wildman–Crippen MR) is 45.6 cm³/mol. The topological polar surface area (TPSA) is 98.1 Å². The van der Waals surface area contributed by atoms with Gasteiger partial charge in [-0.2, -0.15) is 5.10 Å². The quantitative estimate of drug-likeness (QED) is 0.421. The fraction of sp³-hybridized carbons (Fsp3) is 0.429. The smallest absolute Gasteiger partial charge is 0.310 e. The van der Waals surface area contributed by atoms with Gasteiger partial charge in [0.25, 0.3) is 6.47 Å². The van der Waals surface area contributed by atoms with Crippen LogP contribution in [0.4, 0.5) is 5.69 Å². The zero-order valence-corrected chi connectivity index (χ0v) is 7.47. The number of nitro groups is 1. The lowest BCUT2D eigenvalue weighted by Gasteiger charge is -2.06. The summed E-state index contributed by atoms with van der Waals surface area (Å²) in [4.78, 5) is 19.9. The zero-order valence-electron chi connectivity index (χ0n) is 7.47. The van der Waals surface area contributed by atoms with Crippen LogP contribution in [0.2, 0.25) is 0 Å². The summed E-state index contributed by atoms with van der Waals surface area (Å²) in [5, 5.41) is 16.5. The first kappa shape index (κ1) is 10.2. The van der Waals surface area contributed by atoms with Crippen molar-refractivity contribution in [3.63, 3.8) is 0 Å². The van der Waals surface area contributed by atoms with Crippen LogP contribution in [-0.4, -0.2) is 27.7 Å².